The number of aromatic nitrogens is 2. The third-order valence-corrected chi connectivity index (χ3v) is 6.78. The number of hydrogen-bond acceptors (Lipinski definition) is 9. The fraction of sp³-hybridized carbons (Fsp3) is 0.520. The smallest absolute Gasteiger partial charge is 0.405 e. The maximum atomic E-state index is 13.5. The fourth-order valence-corrected chi connectivity index (χ4v) is 4.78. The van der Waals surface area contributed by atoms with Crippen molar-refractivity contribution in [1.82, 2.24) is 15.3 Å². The van der Waals surface area contributed by atoms with Crippen LogP contribution in [0.2, 0.25) is 0 Å². The molecule has 3 amide bonds. The second-order valence-electron chi connectivity index (χ2n) is 10.2. The molecule has 2 unspecified atom stereocenters. The quantitative estimate of drug-likeness (QED) is 0.461. The standard InChI is InChI=1S/C25H30F3N7O5/c1-24(2)39-13-16(40-24)12-38-15-5-7-30-20(9-15)33-23(37)35-14-6-8-34(11-14)18-4-3-17(32-21(18)35)22(36)31-10-19(29)25(26,27)28/h3-5,7,9,14,16,19H,6,8,10-13,29H2,1-2H3,(H,31,36)(H,30,33,37)/t14-,16?,19?/m0/s1. The first-order valence-corrected chi connectivity index (χ1v) is 12.8. The van der Waals surface area contributed by atoms with Gasteiger partial charge in [-0.1, -0.05) is 0 Å². The molecule has 3 aliphatic heterocycles. The normalized spacial score (nSPS) is 22.1. The number of nitrogens with two attached hydrogens (primary N) is 1. The van der Waals surface area contributed by atoms with Gasteiger partial charge in [-0.25, -0.2) is 14.8 Å². The van der Waals surface area contributed by atoms with Gasteiger partial charge in [0.05, 0.1) is 18.3 Å². The van der Waals surface area contributed by atoms with Crippen molar-refractivity contribution in [3.8, 4) is 5.75 Å². The van der Waals surface area contributed by atoms with E-state index in [1.807, 2.05) is 18.7 Å². The molecule has 216 valence electrons. The van der Waals surface area contributed by atoms with Gasteiger partial charge in [-0.3, -0.25) is 15.0 Å². The highest BCUT2D eigenvalue weighted by molar-refractivity contribution is 6.05. The predicted octanol–water partition coefficient (Wildman–Crippen LogP) is 2.26. The van der Waals surface area contributed by atoms with Crippen molar-refractivity contribution in [2.45, 2.75) is 50.4 Å². The predicted molar refractivity (Wildman–Crippen MR) is 137 cm³/mol. The molecule has 12 nitrogen and oxygen atoms in total. The van der Waals surface area contributed by atoms with Gasteiger partial charge < -0.3 is 30.2 Å². The molecule has 2 bridgehead atoms. The number of halogens is 3. The first-order valence-electron chi connectivity index (χ1n) is 12.8. The number of alkyl halides is 3. The number of rotatable bonds is 7. The molecule has 5 heterocycles. The number of nitrogens with zero attached hydrogens (tertiary/aromatic N) is 4. The molecule has 0 radical (unpaired) electrons. The van der Waals surface area contributed by atoms with Gasteiger partial charge in [-0.2, -0.15) is 13.2 Å². The Morgan fingerprint density at radius 1 is 1.30 bits per heavy atom. The molecular formula is C25H30F3N7O5. The lowest BCUT2D eigenvalue weighted by atomic mass is 10.1. The van der Waals surface area contributed by atoms with Crippen LogP contribution in [0.25, 0.3) is 0 Å². The van der Waals surface area contributed by atoms with Crippen molar-refractivity contribution in [1.29, 1.82) is 0 Å². The second kappa shape index (κ2) is 10.7. The van der Waals surface area contributed by atoms with Crippen LogP contribution in [0.4, 0.5) is 35.3 Å². The van der Waals surface area contributed by atoms with E-state index < -0.39 is 36.5 Å². The maximum absolute atomic E-state index is 13.5. The lowest BCUT2D eigenvalue weighted by Crippen LogP contribution is -2.49. The molecule has 2 fully saturated rings. The zero-order valence-electron chi connectivity index (χ0n) is 21.9. The van der Waals surface area contributed by atoms with Crippen LogP contribution in [0.3, 0.4) is 0 Å². The van der Waals surface area contributed by atoms with Crippen LogP contribution in [0.1, 0.15) is 30.8 Å². The van der Waals surface area contributed by atoms with Gasteiger partial charge in [0.1, 0.15) is 36.0 Å². The zero-order valence-corrected chi connectivity index (χ0v) is 21.9. The van der Waals surface area contributed by atoms with E-state index in [9.17, 15) is 22.8 Å². The van der Waals surface area contributed by atoms with Crippen molar-refractivity contribution in [3.05, 3.63) is 36.2 Å². The average Bonchev–Trinajstić information content (AvgIpc) is 3.48. The highest BCUT2D eigenvalue weighted by Crippen LogP contribution is 2.39. The van der Waals surface area contributed by atoms with Crippen molar-refractivity contribution in [3.63, 3.8) is 0 Å². The Morgan fingerprint density at radius 2 is 2.10 bits per heavy atom. The number of ether oxygens (including phenoxy) is 3. The Morgan fingerprint density at radius 3 is 2.83 bits per heavy atom. The molecule has 2 aromatic heterocycles. The maximum Gasteiger partial charge on any atom is 0.405 e. The first-order chi connectivity index (χ1) is 18.9. The Labute approximate surface area is 228 Å². The molecule has 2 saturated heterocycles. The summed E-state index contributed by atoms with van der Waals surface area (Å²) < 4.78 is 55.3. The van der Waals surface area contributed by atoms with Crippen molar-refractivity contribution in [2.24, 2.45) is 5.73 Å². The highest BCUT2D eigenvalue weighted by Gasteiger charge is 2.41. The van der Waals surface area contributed by atoms with Crippen LogP contribution in [-0.4, -0.2) is 84.9 Å². The summed E-state index contributed by atoms with van der Waals surface area (Å²) in [6, 6.07) is 3.31. The van der Waals surface area contributed by atoms with E-state index in [2.05, 4.69) is 20.6 Å². The summed E-state index contributed by atoms with van der Waals surface area (Å²) in [5.74, 6) is -0.562. The van der Waals surface area contributed by atoms with E-state index in [-0.39, 0.29) is 36.1 Å². The van der Waals surface area contributed by atoms with E-state index in [1.165, 1.54) is 17.2 Å². The largest absolute Gasteiger partial charge is 0.491 e. The van der Waals surface area contributed by atoms with E-state index in [1.54, 1.807) is 18.2 Å². The van der Waals surface area contributed by atoms with Crippen molar-refractivity contribution < 1.29 is 37.0 Å². The van der Waals surface area contributed by atoms with Gasteiger partial charge in [-0.05, 0) is 38.5 Å². The Bertz CT molecular complexity index is 1280. The van der Waals surface area contributed by atoms with Crippen molar-refractivity contribution in [2.75, 3.05) is 48.0 Å². The summed E-state index contributed by atoms with van der Waals surface area (Å²) in [6.45, 7) is 4.75. The van der Waals surface area contributed by atoms with E-state index in [4.69, 9.17) is 19.9 Å². The average molecular weight is 566 g/mol. The van der Waals surface area contributed by atoms with Crippen LogP contribution in [0.15, 0.2) is 30.5 Å². The number of carbonyl (C=O) groups is 2. The Kier molecular flexibility index (Phi) is 7.46. The first kappa shape index (κ1) is 27.9. The summed E-state index contributed by atoms with van der Waals surface area (Å²) >= 11 is 0. The summed E-state index contributed by atoms with van der Waals surface area (Å²) in [5.41, 5.74) is 5.59. The minimum Gasteiger partial charge on any atom is -0.491 e. The summed E-state index contributed by atoms with van der Waals surface area (Å²) in [6.07, 6.45) is -2.72. The van der Waals surface area contributed by atoms with Gasteiger partial charge in [0.25, 0.3) is 5.91 Å². The molecule has 0 saturated carbocycles. The molecule has 0 aromatic carbocycles. The van der Waals surface area contributed by atoms with Crippen molar-refractivity contribution >= 4 is 29.3 Å². The second-order valence-corrected chi connectivity index (χ2v) is 10.2. The number of carbonyl (C=O) groups excluding carboxylic acids is 2. The molecule has 3 aliphatic rings. The number of urea groups is 1. The molecule has 3 atom stereocenters. The van der Waals surface area contributed by atoms with E-state index in [0.717, 1.165) is 0 Å². The molecule has 5 rings (SSSR count). The minimum atomic E-state index is -4.65. The molecule has 2 aromatic rings. The molecule has 4 N–H and O–H groups in total. The number of nitrogens with one attached hydrogen (secondary N) is 2. The Balaban J connectivity index is 1.28. The molecular weight excluding hydrogens is 535 g/mol. The van der Waals surface area contributed by atoms with Gasteiger partial charge in [0.15, 0.2) is 11.6 Å². The third-order valence-electron chi connectivity index (χ3n) is 6.78. The van der Waals surface area contributed by atoms with E-state index in [0.29, 0.717) is 37.6 Å². The number of hydrogen-bond donors (Lipinski definition) is 3. The third kappa shape index (κ3) is 6.05. The van der Waals surface area contributed by atoms with Gasteiger partial charge >= 0.3 is 12.2 Å². The molecule has 0 aliphatic carbocycles. The lowest BCUT2D eigenvalue weighted by molar-refractivity contribution is -0.146. The number of fused-ring (bicyclic) bond motifs is 4. The molecule has 0 spiro atoms. The highest BCUT2D eigenvalue weighted by atomic mass is 19.4. The monoisotopic (exact) mass is 565 g/mol. The van der Waals surface area contributed by atoms with Gasteiger partial charge in [0.2, 0.25) is 0 Å². The molecule has 40 heavy (non-hydrogen) atoms. The summed E-state index contributed by atoms with van der Waals surface area (Å²) in [4.78, 5) is 38.1. The van der Waals surface area contributed by atoms with Crippen LogP contribution in [0, 0.1) is 0 Å². The minimum absolute atomic E-state index is 0.136. The van der Waals surface area contributed by atoms with Gasteiger partial charge in [0, 0.05) is 31.9 Å². The van der Waals surface area contributed by atoms with Crippen LogP contribution < -0.4 is 30.9 Å². The zero-order chi connectivity index (χ0) is 28.7. The van der Waals surface area contributed by atoms with Gasteiger partial charge in [-0.15, -0.1) is 0 Å². The van der Waals surface area contributed by atoms with E-state index >= 15 is 0 Å². The number of amides is 3. The number of anilines is 3. The van der Waals surface area contributed by atoms with Crippen LogP contribution in [0.5, 0.6) is 5.75 Å². The summed E-state index contributed by atoms with van der Waals surface area (Å²) in [5, 5.41) is 4.92. The lowest BCUT2D eigenvalue weighted by Gasteiger charge is -2.35. The Hall–Kier alpha value is -3.69. The fourth-order valence-electron chi connectivity index (χ4n) is 4.78. The number of pyridine rings is 2. The van der Waals surface area contributed by atoms with Crippen LogP contribution >= 0.6 is 0 Å². The summed E-state index contributed by atoms with van der Waals surface area (Å²) in [7, 11) is 0. The van der Waals surface area contributed by atoms with Crippen LogP contribution in [-0.2, 0) is 9.47 Å². The topological polar surface area (TPSA) is 144 Å². The molecule has 15 heteroatoms. The SMILES string of the molecule is CC1(C)OCC(COc2ccnc(NC(=O)N3c4nc(C(=O)NCC(N)C(F)(F)F)ccc4N4CC[C@H]3C4)c2)O1.